The molecule has 0 radical (unpaired) electrons. The van der Waals surface area contributed by atoms with E-state index < -0.39 is 11.6 Å². The molecule has 0 heterocycles. The van der Waals surface area contributed by atoms with E-state index in [9.17, 15) is 8.78 Å². The summed E-state index contributed by atoms with van der Waals surface area (Å²) in [5.74, 6) is -0.701. The second-order valence-electron chi connectivity index (χ2n) is 4.66. The maximum atomic E-state index is 13.8. The van der Waals surface area contributed by atoms with E-state index >= 15 is 0 Å². The maximum absolute atomic E-state index is 13.8. The van der Waals surface area contributed by atoms with E-state index in [0.717, 1.165) is 13.1 Å². The SMILES string of the molecule is COCCNCC(C)Cc1c(F)ccc(C)c1F. The lowest BCUT2D eigenvalue weighted by atomic mass is 9.98. The predicted molar refractivity (Wildman–Crippen MR) is 68.7 cm³/mol. The lowest BCUT2D eigenvalue weighted by Gasteiger charge is -2.14. The van der Waals surface area contributed by atoms with E-state index in [1.165, 1.54) is 12.1 Å². The second kappa shape index (κ2) is 7.44. The minimum absolute atomic E-state index is 0.174. The van der Waals surface area contributed by atoms with E-state index in [2.05, 4.69) is 5.32 Å². The van der Waals surface area contributed by atoms with Crippen molar-refractivity contribution in [3.63, 3.8) is 0 Å². The first kappa shape index (κ1) is 15.1. The molecule has 2 nitrogen and oxygen atoms in total. The molecule has 0 amide bonds. The van der Waals surface area contributed by atoms with Crippen molar-refractivity contribution in [3.05, 3.63) is 34.9 Å². The molecule has 0 aliphatic carbocycles. The van der Waals surface area contributed by atoms with Crippen LogP contribution >= 0.6 is 0 Å². The van der Waals surface area contributed by atoms with Crippen molar-refractivity contribution in [3.8, 4) is 0 Å². The lowest BCUT2D eigenvalue weighted by molar-refractivity contribution is 0.198. The summed E-state index contributed by atoms with van der Waals surface area (Å²) in [5.41, 5.74) is 0.682. The fraction of sp³-hybridized carbons (Fsp3) is 0.571. The van der Waals surface area contributed by atoms with Gasteiger partial charge in [0.25, 0.3) is 0 Å². The van der Waals surface area contributed by atoms with Gasteiger partial charge < -0.3 is 10.1 Å². The molecule has 0 aromatic heterocycles. The van der Waals surface area contributed by atoms with Gasteiger partial charge in [-0.05, 0) is 37.4 Å². The number of hydrogen-bond acceptors (Lipinski definition) is 2. The number of hydrogen-bond donors (Lipinski definition) is 1. The lowest BCUT2D eigenvalue weighted by Crippen LogP contribution is -2.26. The number of nitrogens with one attached hydrogen (secondary N) is 1. The summed E-state index contributed by atoms with van der Waals surface area (Å²) in [6, 6.07) is 2.80. The van der Waals surface area contributed by atoms with E-state index in [4.69, 9.17) is 4.74 Å². The van der Waals surface area contributed by atoms with Crippen molar-refractivity contribution in [2.45, 2.75) is 20.3 Å². The van der Waals surface area contributed by atoms with E-state index in [1.54, 1.807) is 14.0 Å². The van der Waals surface area contributed by atoms with Gasteiger partial charge in [0.05, 0.1) is 6.61 Å². The minimum Gasteiger partial charge on any atom is -0.383 e. The number of benzene rings is 1. The Bertz CT molecular complexity index is 382. The quantitative estimate of drug-likeness (QED) is 0.758. The summed E-state index contributed by atoms with van der Waals surface area (Å²) in [5, 5.41) is 3.19. The molecule has 1 atom stereocenters. The average molecular weight is 257 g/mol. The molecule has 4 heteroatoms. The fourth-order valence-corrected chi connectivity index (χ4v) is 1.85. The molecule has 0 aliphatic heterocycles. The van der Waals surface area contributed by atoms with Gasteiger partial charge in [-0.2, -0.15) is 0 Å². The summed E-state index contributed by atoms with van der Waals surface area (Å²) in [6.45, 7) is 5.73. The Balaban J connectivity index is 2.54. The number of halogens is 2. The monoisotopic (exact) mass is 257 g/mol. The van der Waals surface area contributed by atoms with Gasteiger partial charge in [0, 0.05) is 19.2 Å². The molecule has 1 aromatic carbocycles. The van der Waals surface area contributed by atoms with Crippen molar-refractivity contribution in [2.75, 3.05) is 26.8 Å². The van der Waals surface area contributed by atoms with Gasteiger partial charge in [0.15, 0.2) is 0 Å². The molecule has 1 rings (SSSR count). The summed E-state index contributed by atoms with van der Waals surface area (Å²) < 4.78 is 32.3. The van der Waals surface area contributed by atoms with Gasteiger partial charge in [-0.15, -0.1) is 0 Å². The van der Waals surface area contributed by atoms with Gasteiger partial charge in [-0.25, -0.2) is 8.78 Å². The standard InChI is InChI=1S/C14H21F2NO/c1-10(9-17-6-7-18-3)8-12-13(15)5-4-11(2)14(12)16/h4-5,10,17H,6-9H2,1-3H3. The first-order valence-corrected chi connectivity index (χ1v) is 6.19. The van der Waals surface area contributed by atoms with Crippen molar-refractivity contribution < 1.29 is 13.5 Å². The summed E-state index contributed by atoms with van der Waals surface area (Å²) in [4.78, 5) is 0. The molecule has 0 aliphatic rings. The summed E-state index contributed by atoms with van der Waals surface area (Å²) in [6.07, 6.45) is 0.402. The van der Waals surface area contributed by atoms with Crippen LogP contribution < -0.4 is 5.32 Å². The van der Waals surface area contributed by atoms with Gasteiger partial charge in [0.1, 0.15) is 11.6 Å². The van der Waals surface area contributed by atoms with Crippen LogP contribution in [0, 0.1) is 24.5 Å². The largest absolute Gasteiger partial charge is 0.383 e. The van der Waals surface area contributed by atoms with Gasteiger partial charge in [-0.1, -0.05) is 13.0 Å². The van der Waals surface area contributed by atoms with E-state index in [-0.39, 0.29) is 11.5 Å². The van der Waals surface area contributed by atoms with E-state index in [1.807, 2.05) is 6.92 Å². The van der Waals surface area contributed by atoms with Gasteiger partial charge >= 0.3 is 0 Å². The third-order valence-electron chi connectivity index (χ3n) is 2.91. The molecule has 18 heavy (non-hydrogen) atoms. The van der Waals surface area contributed by atoms with Crippen LogP contribution in [0.1, 0.15) is 18.1 Å². The zero-order valence-corrected chi connectivity index (χ0v) is 11.2. The van der Waals surface area contributed by atoms with Crippen LogP contribution in [0.25, 0.3) is 0 Å². The van der Waals surface area contributed by atoms with Crippen LogP contribution in [-0.2, 0) is 11.2 Å². The molecule has 0 saturated carbocycles. The predicted octanol–water partition coefficient (Wildman–Crippen LogP) is 2.69. The van der Waals surface area contributed by atoms with Crippen molar-refractivity contribution in [1.29, 1.82) is 0 Å². The highest BCUT2D eigenvalue weighted by atomic mass is 19.1. The number of methoxy groups -OCH3 is 1. The van der Waals surface area contributed by atoms with Crippen LogP contribution in [0.2, 0.25) is 0 Å². The topological polar surface area (TPSA) is 21.3 Å². The Morgan fingerprint density at radius 3 is 2.72 bits per heavy atom. The Hall–Kier alpha value is -1.00. The molecule has 102 valence electrons. The Labute approximate surface area is 107 Å². The van der Waals surface area contributed by atoms with Crippen molar-refractivity contribution in [2.24, 2.45) is 5.92 Å². The van der Waals surface area contributed by atoms with Gasteiger partial charge in [0.2, 0.25) is 0 Å². The van der Waals surface area contributed by atoms with Crippen LogP contribution in [0.4, 0.5) is 8.78 Å². The molecule has 1 unspecified atom stereocenters. The van der Waals surface area contributed by atoms with Crippen LogP contribution in [0.5, 0.6) is 0 Å². The Morgan fingerprint density at radius 1 is 1.33 bits per heavy atom. The molecule has 1 N–H and O–H groups in total. The molecule has 0 spiro atoms. The van der Waals surface area contributed by atoms with Gasteiger partial charge in [-0.3, -0.25) is 0 Å². The first-order valence-electron chi connectivity index (χ1n) is 6.19. The van der Waals surface area contributed by atoms with Crippen molar-refractivity contribution >= 4 is 0 Å². The van der Waals surface area contributed by atoms with Crippen LogP contribution in [0.3, 0.4) is 0 Å². The fourth-order valence-electron chi connectivity index (χ4n) is 1.85. The average Bonchev–Trinajstić information content (AvgIpc) is 2.35. The Morgan fingerprint density at radius 2 is 2.06 bits per heavy atom. The normalized spacial score (nSPS) is 12.7. The number of ether oxygens (including phenoxy) is 1. The van der Waals surface area contributed by atoms with Crippen LogP contribution in [-0.4, -0.2) is 26.8 Å². The molecule has 1 aromatic rings. The highest BCUT2D eigenvalue weighted by molar-refractivity contribution is 5.26. The van der Waals surface area contributed by atoms with Crippen molar-refractivity contribution in [1.82, 2.24) is 5.32 Å². The zero-order valence-electron chi connectivity index (χ0n) is 11.2. The minimum atomic E-state index is -0.457. The highest BCUT2D eigenvalue weighted by Gasteiger charge is 2.14. The zero-order chi connectivity index (χ0) is 13.5. The van der Waals surface area contributed by atoms with E-state index in [0.29, 0.717) is 18.6 Å². The number of rotatable bonds is 7. The third kappa shape index (κ3) is 4.35. The second-order valence-corrected chi connectivity index (χ2v) is 4.66. The first-order chi connectivity index (χ1) is 8.56. The molecule has 0 saturated heterocycles. The Kier molecular flexibility index (Phi) is 6.22. The molecular formula is C14H21F2NO. The molecule has 0 bridgehead atoms. The van der Waals surface area contributed by atoms with Crippen LogP contribution in [0.15, 0.2) is 12.1 Å². The maximum Gasteiger partial charge on any atom is 0.132 e. The molecular weight excluding hydrogens is 236 g/mol. The number of aryl methyl sites for hydroxylation is 1. The smallest absolute Gasteiger partial charge is 0.132 e. The summed E-state index contributed by atoms with van der Waals surface area (Å²) >= 11 is 0. The third-order valence-corrected chi connectivity index (χ3v) is 2.91. The molecule has 0 fully saturated rings. The summed E-state index contributed by atoms with van der Waals surface area (Å²) in [7, 11) is 1.64. The highest BCUT2D eigenvalue weighted by Crippen LogP contribution is 2.19.